The first-order valence-electron chi connectivity index (χ1n) is 4.09. The number of nitrogens with two attached hydrogens (primary N) is 1. The molecule has 11 heavy (non-hydrogen) atoms. The molecule has 0 atom stereocenters. The van der Waals surface area contributed by atoms with Crippen molar-refractivity contribution in [2.75, 3.05) is 0 Å². The van der Waals surface area contributed by atoms with Gasteiger partial charge in [-0.05, 0) is 31.1 Å². The summed E-state index contributed by atoms with van der Waals surface area (Å²) in [6.45, 7) is 0. The zero-order valence-electron chi connectivity index (χ0n) is 6.47. The van der Waals surface area contributed by atoms with Gasteiger partial charge in [-0.2, -0.15) is 0 Å². The highest BCUT2D eigenvalue weighted by molar-refractivity contribution is 5.80. The lowest BCUT2D eigenvalue weighted by Crippen LogP contribution is -2.64. The van der Waals surface area contributed by atoms with Crippen molar-refractivity contribution in [3.8, 4) is 0 Å². The molecule has 0 heterocycles. The predicted octanol–water partition coefficient (Wildman–Crippen LogP) is 0.733. The molecule has 1 spiro atoms. The summed E-state index contributed by atoms with van der Waals surface area (Å²) >= 11 is 0. The van der Waals surface area contributed by atoms with E-state index in [-0.39, 0.29) is 0 Å². The Bertz CT molecular complexity index is 200. The summed E-state index contributed by atoms with van der Waals surface area (Å²) in [5.74, 6) is -0.824. The quantitative estimate of drug-likeness (QED) is 0.586. The van der Waals surface area contributed by atoms with E-state index in [1.807, 2.05) is 0 Å². The third kappa shape index (κ3) is 0.805. The van der Waals surface area contributed by atoms with Gasteiger partial charge in [0.25, 0.3) is 0 Å². The summed E-state index contributed by atoms with van der Waals surface area (Å²) in [5.41, 5.74) is 5.11. The van der Waals surface area contributed by atoms with Crippen LogP contribution in [0, 0.1) is 5.41 Å². The monoisotopic (exact) mass is 155 g/mol. The molecule has 0 unspecified atom stereocenters. The van der Waals surface area contributed by atoms with Crippen molar-refractivity contribution in [3.63, 3.8) is 0 Å². The van der Waals surface area contributed by atoms with Crippen LogP contribution in [0.1, 0.15) is 32.1 Å². The first-order valence-corrected chi connectivity index (χ1v) is 4.09. The molecule has 2 aliphatic rings. The first-order chi connectivity index (χ1) is 5.06. The fourth-order valence-electron chi connectivity index (χ4n) is 2.47. The van der Waals surface area contributed by atoms with Crippen LogP contribution in [0.2, 0.25) is 0 Å². The molecule has 0 aromatic carbocycles. The number of rotatable bonds is 1. The van der Waals surface area contributed by atoms with Crippen LogP contribution in [0.15, 0.2) is 0 Å². The zero-order chi connectivity index (χ0) is 8.11. The molecule has 0 saturated heterocycles. The van der Waals surface area contributed by atoms with Crippen LogP contribution >= 0.6 is 0 Å². The van der Waals surface area contributed by atoms with Gasteiger partial charge in [0, 0.05) is 0 Å². The number of hydrogen-bond acceptors (Lipinski definition) is 2. The minimum absolute atomic E-state index is 0.354. The van der Waals surface area contributed by atoms with Crippen molar-refractivity contribution in [1.82, 2.24) is 0 Å². The van der Waals surface area contributed by atoms with Gasteiger partial charge in [0.1, 0.15) is 5.54 Å². The molecule has 3 nitrogen and oxygen atoms in total. The lowest BCUT2D eigenvalue weighted by atomic mass is 9.49. The molecule has 2 rings (SSSR count). The van der Waals surface area contributed by atoms with Gasteiger partial charge in [-0.3, -0.25) is 4.79 Å². The second kappa shape index (κ2) is 1.78. The van der Waals surface area contributed by atoms with E-state index >= 15 is 0 Å². The van der Waals surface area contributed by atoms with Crippen LogP contribution in [0.25, 0.3) is 0 Å². The third-order valence-corrected chi connectivity index (χ3v) is 3.22. The summed E-state index contributed by atoms with van der Waals surface area (Å²) in [6, 6.07) is 0. The van der Waals surface area contributed by atoms with Crippen LogP contribution in [0.5, 0.6) is 0 Å². The van der Waals surface area contributed by atoms with Crippen LogP contribution in [-0.2, 0) is 4.79 Å². The molecule has 0 bridgehead atoms. The number of aliphatic carboxylic acids is 1. The Labute approximate surface area is 65.6 Å². The predicted molar refractivity (Wildman–Crippen MR) is 40.1 cm³/mol. The summed E-state index contributed by atoms with van der Waals surface area (Å²) in [4.78, 5) is 10.6. The van der Waals surface area contributed by atoms with Crippen LogP contribution in [0.4, 0.5) is 0 Å². The lowest BCUT2D eigenvalue weighted by molar-refractivity contribution is -0.158. The van der Waals surface area contributed by atoms with Crippen molar-refractivity contribution >= 4 is 5.97 Å². The van der Waals surface area contributed by atoms with Gasteiger partial charge >= 0.3 is 5.97 Å². The molecule has 3 heteroatoms. The maximum absolute atomic E-state index is 10.6. The largest absolute Gasteiger partial charge is 0.480 e. The minimum atomic E-state index is -0.875. The van der Waals surface area contributed by atoms with Crippen molar-refractivity contribution in [2.45, 2.75) is 37.6 Å². The van der Waals surface area contributed by atoms with Gasteiger partial charge in [0.15, 0.2) is 0 Å². The van der Waals surface area contributed by atoms with Crippen molar-refractivity contribution in [2.24, 2.45) is 11.1 Å². The average Bonchev–Trinajstić information content (AvgIpc) is 1.75. The molecule has 0 amide bonds. The van der Waals surface area contributed by atoms with Gasteiger partial charge in [0.2, 0.25) is 0 Å². The normalized spacial score (nSPS) is 30.6. The summed E-state index contributed by atoms with van der Waals surface area (Å²) in [7, 11) is 0. The van der Waals surface area contributed by atoms with Crippen molar-refractivity contribution in [3.05, 3.63) is 0 Å². The molecular formula is C8H13NO2. The molecule has 3 N–H and O–H groups in total. The van der Waals surface area contributed by atoms with E-state index in [0.717, 1.165) is 0 Å². The van der Waals surface area contributed by atoms with E-state index < -0.39 is 11.5 Å². The van der Waals surface area contributed by atoms with E-state index in [1.165, 1.54) is 19.3 Å². The van der Waals surface area contributed by atoms with E-state index in [0.29, 0.717) is 18.3 Å². The smallest absolute Gasteiger partial charge is 0.323 e. The second-order valence-electron chi connectivity index (χ2n) is 4.17. The Morgan fingerprint density at radius 3 is 2.18 bits per heavy atom. The molecule has 0 radical (unpaired) electrons. The summed E-state index contributed by atoms with van der Waals surface area (Å²) in [6.07, 6.45) is 5.05. The number of carboxylic acid groups (broad SMARTS) is 1. The Morgan fingerprint density at radius 1 is 1.36 bits per heavy atom. The highest BCUT2D eigenvalue weighted by Crippen LogP contribution is 2.59. The fraction of sp³-hybridized carbons (Fsp3) is 0.875. The Hall–Kier alpha value is -0.570. The van der Waals surface area contributed by atoms with Gasteiger partial charge < -0.3 is 10.8 Å². The van der Waals surface area contributed by atoms with Crippen LogP contribution in [-0.4, -0.2) is 16.6 Å². The van der Waals surface area contributed by atoms with E-state index in [9.17, 15) is 4.79 Å². The zero-order valence-corrected chi connectivity index (χ0v) is 6.47. The molecular weight excluding hydrogens is 142 g/mol. The highest BCUT2D eigenvalue weighted by atomic mass is 16.4. The maximum Gasteiger partial charge on any atom is 0.323 e. The average molecular weight is 155 g/mol. The third-order valence-electron chi connectivity index (χ3n) is 3.22. The molecule has 62 valence electrons. The van der Waals surface area contributed by atoms with E-state index in [2.05, 4.69) is 0 Å². The Kier molecular flexibility index (Phi) is 1.15. The van der Waals surface area contributed by atoms with Gasteiger partial charge in [0.05, 0.1) is 0 Å². The highest BCUT2D eigenvalue weighted by Gasteiger charge is 2.58. The molecule has 0 aromatic rings. The molecule has 0 aliphatic heterocycles. The molecule has 2 saturated carbocycles. The van der Waals surface area contributed by atoms with Crippen LogP contribution in [0.3, 0.4) is 0 Å². The number of carbonyl (C=O) groups is 1. The number of carboxylic acids is 1. The Morgan fingerprint density at radius 2 is 1.91 bits per heavy atom. The number of hydrogen-bond donors (Lipinski definition) is 2. The standard InChI is InChI=1S/C8H13NO2/c9-8(6(10)11)4-7(5-8)2-1-3-7/h1-5,9H2,(H,10,11). The maximum atomic E-state index is 10.6. The van der Waals surface area contributed by atoms with Gasteiger partial charge in [-0.25, -0.2) is 0 Å². The van der Waals surface area contributed by atoms with E-state index in [4.69, 9.17) is 10.8 Å². The molecule has 2 aliphatic carbocycles. The van der Waals surface area contributed by atoms with Crippen molar-refractivity contribution < 1.29 is 9.90 Å². The van der Waals surface area contributed by atoms with E-state index in [1.54, 1.807) is 0 Å². The van der Waals surface area contributed by atoms with Crippen molar-refractivity contribution in [1.29, 1.82) is 0 Å². The SMILES string of the molecule is NC1(C(=O)O)CC2(CCC2)C1. The van der Waals surface area contributed by atoms with Crippen LogP contribution < -0.4 is 5.73 Å². The minimum Gasteiger partial charge on any atom is -0.480 e. The molecule has 0 aromatic heterocycles. The topological polar surface area (TPSA) is 63.3 Å². The first kappa shape index (κ1) is 7.10. The summed E-state index contributed by atoms with van der Waals surface area (Å²) in [5, 5.41) is 8.72. The second-order valence-corrected chi connectivity index (χ2v) is 4.17. The van der Waals surface area contributed by atoms with Gasteiger partial charge in [-0.1, -0.05) is 6.42 Å². The van der Waals surface area contributed by atoms with Gasteiger partial charge in [-0.15, -0.1) is 0 Å². The lowest BCUT2D eigenvalue weighted by Gasteiger charge is -2.57. The molecule has 2 fully saturated rings. The fourth-order valence-corrected chi connectivity index (χ4v) is 2.47. The Balaban J connectivity index is 2.00. The summed E-state index contributed by atoms with van der Waals surface area (Å²) < 4.78 is 0.